The van der Waals surface area contributed by atoms with Crippen LogP contribution in [0.4, 0.5) is 0 Å². The van der Waals surface area contributed by atoms with Gasteiger partial charge in [-0.2, -0.15) is 0 Å². The SMILES string of the molecule is CC(C)Oc1cccc(C(O)CC2CCOC2)c1. The number of rotatable bonds is 5. The van der Waals surface area contributed by atoms with Gasteiger partial charge in [-0.05, 0) is 50.3 Å². The van der Waals surface area contributed by atoms with E-state index in [4.69, 9.17) is 9.47 Å². The first-order valence-corrected chi connectivity index (χ1v) is 6.67. The third kappa shape index (κ3) is 3.72. The molecule has 1 aliphatic heterocycles. The van der Waals surface area contributed by atoms with Crippen LogP contribution in [-0.4, -0.2) is 24.4 Å². The first-order chi connectivity index (χ1) is 8.65. The summed E-state index contributed by atoms with van der Waals surface area (Å²) in [6.45, 7) is 5.60. The van der Waals surface area contributed by atoms with Gasteiger partial charge in [0.25, 0.3) is 0 Å². The Balaban J connectivity index is 1.98. The van der Waals surface area contributed by atoms with Crippen LogP contribution >= 0.6 is 0 Å². The molecule has 1 heterocycles. The smallest absolute Gasteiger partial charge is 0.120 e. The van der Waals surface area contributed by atoms with Gasteiger partial charge < -0.3 is 14.6 Å². The molecule has 1 aromatic rings. The molecule has 3 heteroatoms. The summed E-state index contributed by atoms with van der Waals surface area (Å²) in [6.07, 6.45) is 1.55. The van der Waals surface area contributed by atoms with E-state index in [0.717, 1.165) is 37.4 Å². The van der Waals surface area contributed by atoms with Crippen LogP contribution in [-0.2, 0) is 4.74 Å². The summed E-state index contributed by atoms with van der Waals surface area (Å²) in [5.41, 5.74) is 0.931. The summed E-state index contributed by atoms with van der Waals surface area (Å²) in [5, 5.41) is 10.2. The lowest BCUT2D eigenvalue weighted by Crippen LogP contribution is -2.09. The molecule has 1 aromatic carbocycles. The number of hydrogen-bond acceptors (Lipinski definition) is 3. The van der Waals surface area contributed by atoms with Crippen molar-refractivity contribution in [2.75, 3.05) is 13.2 Å². The highest BCUT2D eigenvalue weighted by Gasteiger charge is 2.20. The van der Waals surface area contributed by atoms with Crippen molar-refractivity contribution in [2.45, 2.75) is 38.9 Å². The molecule has 0 aromatic heterocycles. The molecular formula is C15H22O3. The van der Waals surface area contributed by atoms with E-state index in [2.05, 4.69) is 0 Å². The summed E-state index contributed by atoms with van der Waals surface area (Å²) in [4.78, 5) is 0. The molecule has 0 spiro atoms. The van der Waals surface area contributed by atoms with E-state index in [0.29, 0.717) is 5.92 Å². The zero-order chi connectivity index (χ0) is 13.0. The van der Waals surface area contributed by atoms with Gasteiger partial charge in [-0.3, -0.25) is 0 Å². The summed E-state index contributed by atoms with van der Waals surface area (Å²) in [5.74, 6) is 1.30. The minimum Gasteiger partial charge on any atom is -0.491 e. The van der Waals surface area contributed by atoms with E-state index < -0.39 is 6.10 Å². The average Bonchev–Trinajstić information content (AvgIpc) is 2.81. The van der Waals surface area contributed by atoms with E-state index in [-0.39, 0.29) is 6.10 Å². The monoisotopic (exact) mass is 250 g/mol. The Morgan fingerprint density at radius 3 is 2.94 bits per heavy atom. The second kappa shape index (κ2) is 6.21. The standard InChI is InChI=1S/C15H22O3/c1-11(2)18-14-5-3-4-13(9-14)15(16)8-12-6-7-17-10-12/h3-5,9,11-12,15-16H,6-8,10H2,1-2H3. The normalized spacial score (nSPS) is 21.2. The summed E-state index contributed by atoms with van der Waals surface area (Å²) in [7, 11) is 0. The molecule has 1 saturated heterocycles. The summed E-state index contributed by atoms with van der Waals surface area (Å²) >= 11 is 0. The molecule has 2 unspecified atom stereocenters. The maximum atomic E-state index is 10.2. The van der Waals surface area contributed by atoms with Crippen LogP contribution in [0.5, 0.6) is 5.75 Å². The van der Waals surface area contributed by atoms with Crippen molar-refractivity contribution in [1.29, 1.82) is 0 Å². The predicted octanol–water partition coefficient (Wildman–Crippen LogP) is 2.93. The van der Waals surface area contributed by atoms with Crippen molar-refractivity contribution in [1.82, 2.24) is 0 Å². The minimum atomic E-state index is -0.424. The Hall–Kier alpha value is -1.06. The third-order valence-corrected chi connectivity index (χ3v) is 3.20. The van der Waals surface area contributed by atoms with Crippen LogP contribution in [0.15, 0.2) is 24.3 Å². The minimum absolute atomic E-state index is 0.153. The lowest BCUT2D eigenvalue weighted by molar-refractivity contribution is 0.129. The average molecular weight is 250 g/mol. The maximum absolute atomic E-state index is 10.2. The molecule has 0 aliphatic carbocycles. The molecule has 100 valence electrons. The Morgan fingerprint density at radius 1 is 1.44 bits per heavy atom. The van der Waals surface area contributed by atoms with Crippen LogP contribution in [0.3, 0.4) is 0 Å². The quantitative estimate of drug-likeness (QED) is 0.873. The Bertz CT molecular complexity index is 370. The number of benzene rings is 1. The van der Waals surface area contributed by atoms with E-state index >= 15 is 0 Å². The first-order valence-electron chi connectivity index (χ1n) is 6.67. The molecule has 0 bridgehead atoms. The fraction of sp³-hybridized carbons (Fsp3) is 0.600. The van der Waals surface area contributed by atoms with Crippen LogP contribution in [0, 0.1) is 5.92 Å². The van der Waals surface area contributed by atoms with Gasteiger partial charge in [0.05, 0.1) is 12.2 Å². The highest BCUT2D eigenvalue weighted by molar-refractivity contribution is 5.30. The molecule has 0 saturated carbocycles. The molecule has 1 fully saturated rings. The molecule has 1 N–H and O–H groups in total. The molecule has 1 aliphatic rings. The second-order valence-corrected chi connectivity index (χ2v) is 5.22. The Labute approximate surface area is 109 Å². The van der Waals surface area contributed by atoms with Crippen LogP contribution in [0.1, 0.15) is 38.4 Å². The highest BCUT2D eigenvalue weighted by Crippen LogP contribution is 2.28. The van der Waals surface area contributed by atoms with Crippen molar-refractivity contribution in [3.05, 3.63) is 29.8 Å². The number of aliphatic hydroxyl groups excluding tert-OH is 1. The van der Waals surface area contributed by atoms with Gasteiger partial charge in [-0.25, -0.2) is 0 Å². The van der Waals surface area contributed by atoms with Crippen molar-refractivity contribution in [3.63, 3.8) is 0 Å². The molecular weight excluding hydrogens is 228 g/mol. The number of aliphatic hydroxyl groups is 1. The lowest BCUT2D eigenvalue weighted by atomic mass is 9.96. The fourth-order valence-electron chi connectivity index (χ4n) is 2.29. The van der Waals surface area contributed by atoms with Crippen molar-refractivity contribution in [3.8, 4) is 5.75 Å². The van der Waals surface area contributed by atoms with Gasteiger partial charge >= 0.3 is 0 Å². The lowest BCUT2D eigenvalue weighted by Gasteiger charge is -2.16. The molecule has 0 radical (unpaired) electrons. The van der Waals surface area contributed by atoms with Gasteiger partial charge in [0.1, 0.15) is 5.75 Å². The van der Waals surface area contributed by atoms with E-state index in [1.54, 1.807) is 0 Å². The zero-order valence-corrected chi connectivity index (χ0v) is 11.1. The van der Waals surface area contributed by atoms with Gasteiger partial charge in [0.15, 0.2) is 0 Å². The molecule has 2 atom stereocenters. The highest BCUT2D eigenvalue weighted by atomic mass is 16.5. The van der Waals surface area contributed by atoms with Crippen molar-refractivity contribution >= 4 is 0 Å². The Morgan fingerprint density at radius 2 is 2.28 bits per heavy atom. The first kappa shape index (κ1) is 13.4. The van der Waals surface area contributed by atoms with Crippen molar-refractivity contribution < 1.29 is 14.6 Å². The van der Waals surface area contributed by atoms with Crippen LogP contribution < -0.4 is 4.74 Å². The van der Waals surface area contributed by atoms with Gasteiger partial charge in [0, 0.05) is 13.2 Å². The summed E-state index contributed by atoms with van der Waals surface area (Å²) < 4.78 is 11.0. The number of hydrogen-bond donors (Lipinski definition) is 1. The second-order valence-electron chi connectivity index (χ2n) is 5.22. The molecule has 3 nitrogen and oxygen atoms in total. The maximum Gasteiger partial charge on any atom is 0.120 e. The Kier molecular flexibility index (Phi) is 4.61. The predicted molar refractivity (Wildman–Crippen MR) is 70.7 cm³/mol. The number of ether oxygens (including phenoxy) is 2. The molecule has 18 heavy (non-hydrogen) atoms. The van der Waals surface area contributed by atoms with Gasteiger partial charge in [-0.15, -0.1) is 0 Å². The summed E-state index contributed by atoms with van der Waals surface area (Å²) in [6, 6.07) is 7.74. The molecule has 0 amide bonds. The van der Waals surface area contributed by atoms with E-state index in [1.807, 2.05) is 38.1 Å². The van der Waals surface area contributed by atoms with Crippen LogP contribution in [0.2, 0.25) is 0 Å². The fourth-order valence-corrected chi connectivity index (χ4v) is 2.29. The van der Waals surface area contributed by atoms with E-state index in [9.17, 15) is 5.11 Å². The molecule has 2 rings (SSSR count). The van der Waals surface area contributed by atoms with Crippen molar-refractivity contribution in [2.24, 2.45) is 5.92 Å². The van der Waals surface area contributed by atoms with Crippen LogP contribution in [0.25, 0.3) is 0 Å². The van der Waals surface area contributed by atoms with E-state index in [1.165, 1.54) is 0 Å². The largest absolute Gasteiger partial charge is 0.491 e. The van der Waals surface area contributed by atoms with Gasteiger partial charge in [-0.1, -0.05) is 12.1 Å². The zero-order valence-electron chi connectivity index (χ0n) is 11.1. The topological polar surface area (TPSA) is 38.7 Å². The third-order valence-electron chi connectivity index (χ3n) is 3.20. The van der Waals surface area contributed by atoms with Gasteiger partial charge in [0.2, 0.25) is 0 Å².